The molecule has 1 amide bonds. The van der Waals surface area contributed by atoms with Gasteiger partial charge in [0.15, 0.2) is 0 Å². The Bertz CT molecular complexity index is 1090. The second kappa shape index (κ2) is 7.11. The lowest BCUT2D eigenvalue weighted by Gasteiger charge is -2.37. The Labute approximate surface area is 163 Å². The molecule has 2 heterocycles. The SMILES string of the molecule is CC1(C)CC(NC(=O)CCn2cnc3ccccc3c2=O)c2ccccc2O1. The number of fused-ring (bicyclic) bond motifs is 2. The standard InChI is InChI=1S/C22H23N3O3/c1-22(2)13-18(15-7-4-6-10-19(15)28-22)24-20(26)11-12-25-14-23-17-9-5-3-8-16(17)21(25)27/h3-10,14,18H,11-13H2,1-2H3,(H,24,26). The summed E-state index contributed by atoms with van der Waals surface area (Å²) >= 11 is 0. The van der Waals surface area contributed by atoms with Crippen molar-refractivity contribution >= 4 is 16.8 Å². The summed E-state index contributed by atoms with van der Waals surface area (Å²) in [5, 5.41) is 3.66. The molecule has 0 saturated carbocycles. The van der Waals surface area contributed by atoms with Gasteiger partial charge in [-0.15, -0.1) is 0 Å². The first kappa shape index (κ1) is 18.2. The van der Waals surface area contributed by atoms with Gasteiger partial charge < -0.3 is 10.1 Å². The summed E-state index contributed by atoms with van der Waals surface area (Å²) in [7, 11) is 0. The first-order chi connectivity index (χ1) is 13.4. The van der Waals surface area contributed by atoms with E-state index >= 15 is 0 Å². The van der Waals surface area contributed by atoms with Crippen LogP contribution in [-0.2, 0) is 11.3 Å². The van der Waals surface area contributed by atoms with Crippen LogP contribution in [0, 0.1) is 0 Å². The number of ether oxygens (including phenoxy) is 1. The summed E-state index contributed by atoms with van der Waals surface area (Å²) in [4.78, 5) is 29.4. The Hall–Kier alpha value is -3.15. The van der Waals surface area contributed by atoms with Crippen LogP contribution in [0.15, 0.2) is 59.7 Å². The fourth-order valence-electron chi connectivity index (χ4n) is 3.68. The molecule has 144 valence electrons. The van der Waals surface area contributed by atoms with Crippen molar-refractivity contribution in [2.75, 3.05) is 0 Å². The van der Waals surface area contributed by atoms with Crippen molar-refractivity contribution in [1.82, 2.24) is 14.9 Å². The number of rotatable bonds is 4. The zero-order valence-corrected chi connectivity index (χ0v) is 16.0. The number of aromatic nitrogens is 2. The van der Waals surface area contributed by atoms with Crippen LogP contribution in [0.5, 0.6) is 5.75 Å². The number of carbonyl (C=O) groups is 1. The Morgan fingerprint density at radius 2 is 1.96 bits per heavy atom. The number of nitrogens with one attached hydrogen (secondary N) is 1. The second-order valence-corrected chi connectivity index (χ2v) is 7.73. The van der Waals surface area contributed by atoms with Crippen LogP contribution >= 0.6 is 0 Å². The zero-order valence-electron chi connectivity index (χ0n) is 16.0. The highest BCUT2D eigenvalue weighted by atomic mass is 16.5. The molecule has 1 atom stereocenters. The first-order valence-electron chi connectivity index (χ1n) is 9.44. The first-order valence-corrected chi connectivity index (χ1v) is 9.44. The molecule has 4 rings (SSSR count). The number of carbonyl (C=O) groups excluding carboxylic acids is 1. The van der Waals surface area contributed by atoms with E-state index in [4.69, 9.17) is 4.74 Å². The minimum Gasteiger partial charge on any atom is -0.487 e. The van der Waals surface area contributed by atoms with Crippen molar-refractivity contribution in [3.05, 3.63) is 70.8 Å². The maximum atomic E-state index is 12.6. The normalized spacial score (nSPS) is 17.6. The van der Waals surface area contributed by atoms with Gasteiger partial charge in [0.25, 0.3) is 5.56 Å². The highest BCUT2D eigenvalue weighted by molar-refractivity contribution is 5.78. The van der Waals surface area contributed by atoms with E-state index in [-0.39, 0.29) is 36.1 Å². The predicted octanol–water partition coefficient (Wildman–Crippen LogP) is 3.21. The number of amides is 1. The van der Waals surface area contributed by atoms with Crippen LogP contribution in [0.25, 0.3) is 10.9 Å². The quantitative estimate of drug-likeness (QED) is 0.758. The minimum atomic E-state index is -0.356. The largest absolute Gasteiger partial charge is 0.487 e. The van der Waals surface area contributed by atoms with Crippen LogP contribution in [0.3, 0.4) is 0 Å². The van der Waals surface area contributed by atoms with E-state index in [9.17, 15) is 9.59 Å². The number of hydrogen-bond donors (Lipinski definition) is 1. The molecular weight excluding hydrogens is 354 g/mol. The Morgan fingerprint density at radius 3 is 2.82 bits per heavy atom. The minimum absolute atomic E-state index is 0.0995. The van der Waals surface area contributed by atoms with Gasteiger partial charge in [-0.3, -0.25) is 14.2 Å². The number of aryl methyl sites for hydroxylation is 1. The van der Waals surface area contributed by atoms with Crippen LogP contribution < -0.4 is 15.6 Å². The van der Waals surface area contributed by atoms with Crippen molar-refractivity contribution < 1.29 is 9.53 Å². The molecule has 1 unspecified atom stereocenters. The molecule has 6 nitrogen and oxygen atoms in total. The van der Waals surface area contributed by atoms with Crippen LogP contribution in [0.4, 0.5) is 0 Å². The van der Waals surface area contributed by atoms with E-state index in [0.717, 1.165) is 11.3 Å². The summed E-state index contributed by atoms with van der Waals surface area (Å²) in [5.41, 5.74) is 1.16. The molecule has 1 aliphatic heterocycles. The molecule has 2 aromatic carbocycles. The molecule has 1 aromatic heterocycles. The van der Waals surface area contributed by atoms with E-state index in [2.05, 4.69) is 10.3 Å². The van der Waals surface area contributed by atoms with Gasteiger partial charge in [-0.1, -0.05) is 30.3 Å². The molecular formula is C22H23N3O3. The van der Waals surface area contributed by atoms with Crippen molar-refractivity contribution in [3.63, 3.8) is 0 Å². The maximum absolute atomic E-state index is 12.6. The van der Waals surface area contributed by atoms with Gasteiger partial charge in [0.2, 0.25) is 5.91 Å². The van der Waals surface area contributed by atoms with E-state index < -0.39 is 0 Å². The van der Waals surface area contributed by atoms with Crippen LogP contribution in [0.2, 0.25) is 0 Å². The smallest absolute Gasteiger partial charge is 0.261 e. The van der Waals surface area contributed by atoms with Crippen molar-refractivity contribution in [1.29, 1.82) is 0 Å². The molecule has 0 radical (unpaired) electrons. The van der Waals surface area contributed by atoms with E-state index in [1.165, 1.54) is 10.9 Å². The van der Waals surface area contributed by atoms with Gasteiger partial charge >= 0.3 is 0 Å². The average Bonchev–Trinajstić information content (AvgIpc) is 2.67. The highest BCUT2D eigenvalue weighted by Crippen LogP contribution is 2.39. The van der Waals surface area contributed by atoms with E-state index in [1.54, 1.807) is 12.1 Å². The Kier molecular flexibility index (Phi) is 4.63. The van der Waals surface area contributed by atoms with Gasteiger partial charge in [0.05, 0.1) is 23.3 Å². The Balaban J connectivity index is 1.47. The summed E-state index contributed by atoms with van der Waals surface area (Å²) in [6.07, 6.45) is 2.40. The molecule has 3 aromatic rings. The lowest BCUT2D eigenvalue weighted by molar-refractivity contribution is -0.122. The molecule has 0 spiro atoms. The van der Waals surface area contributed by atoms with Crippen LogP contribution in [0.1, 0.15) is 38.3 Å². The predicted molar refractivity (Wildman–Crippen MR) is 107 cm³/mol. The number of benzene rings is 2. The monoisotopic (exact) mass is 377 g/mol. The Morgan fingerprint density at radius 1 is 1.21 bits per heavy atom. The van der Waals surface area contributed by atoms with Gasteiger partial charge in [-0.25, -0.2) is 4.98 Å². The maximum Gasteiger partial charge on any atom is 0.261 e. The lowest BCUT2D eigenvalue weighted by atomic mass is 9.89. The molecule has 0 fully saturated rings. The van der Waals surface area contributed by atoms with Crippen molar-refractivity contribution in [3.8, 4) is 5.75 Å². The topological polar surface area (TPSA) is 73.2 Å². The third-order valence-electron chi connectivity index (χ3n) is 5.02. The van der Waals surface area contributed by atoms with Gasteiger partial charge in [0.1, 0.15) is 11.4 Å². The lowest BCUT2D eigenvalue weighted by Crippen LogP contribution is -2.41. The zero-order chi connectivity index (χ0) is 19.7. The summed E-state index contributed by atoms with van der Waals surface area (Å²) in [6, 6.07) is 14.9. The molecule has 1 N–H and O–H groups in total. The van der Waals surface area contributed by atoms with Crippen molar-refractivity contribution in [2.24, 2.45) is 0 Å². The fraction of sp³-hybridized carbons (Fsp3) is 0.318. The molecule has 0 aliphatic carbocycles. The number of para-hydroxylation sites is 2. The number of hydrogen-bond acceptors (Lipinski definition) is 4. The second-order valence-electron chi connectivity index (χ2n) is 7.73. The van der Waals surface area contributed by atoms with Gasteiger partial charge in [-0.2, -0.15) is 0 Å². The third kappa shape index (κ3) is 3.63. The summed E-state index contributed by atoms with van der Waals surface area (Å²) < 4.78 is 7.50. The molecule has 0 saturated heterocycles. The number of nitrogens with zero attached hydrogens (tertiary/aromatic N) is 2. The molecule has 0 bridgehead atoms. The summed E-state index contributed by atoms with van der Waals surface area (Å²) in [6.45, 7) is 4.32. The van der Waals surface area contributed by atoms with Crippen molar-refractivity contribution in [2.45, 2.75) is 44.9 Å². The third-order valence-corrected chi connectivity index (χ3v) is 5.02. The molecule has 6 heteroatoms. The van der Waals surface area contributed by atoms with E-state index in [0.29, 0.717) is 17.3 Å². The average molecular weight is 377 g/mol. The van der Waals surface area contributed by atoms with Crippen LogP contribution in [-0.4, -0.2) is 21.1 Å². The fourth-order valence-corrected chi connectivity index (χ4v) is 3.68. The molecule has 28 heavy (non-hydrogen) atoms. The summed E-state index contributed by atoms with van der Waals surface area (Å²) in [5.74, 6) is 0.705. The van der Waals surface area contributed by atoms with Gasteiger partial charge in [0, 0.05) is 24.9 Å². The van der Waals surface area contributed by atoms with Gasteiger partial charge in [-0.05, 0) is 32.0 Å². The molecule has 1 aliphatic rings. The highest BCUT2D eigenvalue weighted by Gasteiger charge is 2.34. The van der Waals surface area contributed by atoms with E-state index in [1.807, 2.05) is 50.2 Å².